The monoisotopic (exact) mass is 503 g/mol. The van der Waals surface area contributed by atoms with Crippen LogP contribution in [0.15, 0.2) is 84.0 Å². The molecule has 6 nitrogen and oxygen atoms in total. The molecule has 6 heteroatoms. The molecule has 1 heterocycles. The number of hydrogen-bond donors (Lipinski definition) is 0. The second-order valence-corrected chi connectivity index (χ2v) is 9.82. The van der Waals surface area contributed by atoms with Crippen LogP contribution in [-0.2, 0) is 0 Å². The summed E-state index contributed by atoms with van der Waals surface area (Å²) in [6.07, 6.45) is 0. The summed E-state index contributed by atoms with van der Waals surface area (Å²) in [6, 6.07) is 27.3. The van der Waals surface area contributed by atoms with Gasteiger partial charge in [-0.25, -0.2) is 4.98 Å². The van der Waals surface area contributed by atoms with Gasteiger partial charge in [0.25, 0.3) is 0 Å². The van der Waals surface area contributed by atoms with Gasteiger partial charge in [-0.2, -0.15) is 0 Å². The molecule has 0 fully saturated rings. The van der Waals surface area contributed by atoms with Gasteiger partial charge < -0.3 is 14.4 Å². The molecule has 1 aliphatic heterocycles. The number of hydrogen-bond acceptors (Lipinski definition) is 4. The Hall–Kier alpha value is -4.41. The number of rotatable bonds is 6. The van der Waals surface area contributed by atoms with Crippen molar-refractivity contribution in [2.75, 3.05) is 37.0 Å². The lowest BCUT2D eigenvalue weighted by Gasteiger charge is -2.25. The van der Waals surface area contributed by atoms with E-state index in [9.17, 15) is 0 Å². The molecule has 5 rings (SSSR count). The van der Waals surface area contributed by atoms with E-state index in [1.807, 2.05) is 32.3 Å². The summed E-state index contributed by atoms with van der Waals surface area (Å²) < 4.78 is 2.30. The van der Waals surface area contributed by atoms with Crippen LogP contribution in [0, 0.1) is 13.8 Å². The highest BCUT2D eigenvalue weighted by molar-refractivity contribution is 5.87. The van der Waals surface area contributed by atoms with Gasteiger partial charge in [0.2, 0.25) is 0 Å². The molecule has 192 valence electrons. The van der Waals surface area contributed by atoms with Crippen molar-refractivity contribution < 1.29 is 4.79 Å². The summed E-state index contributed by atoms with van der Waals surface area (Å²) in [5.41, 5.74) is 10.5. The third-order valence-electron chi connectivity index (χ3n) is 7.07. The van der Waals surface area contributed by atoms with Crippen molar-refractivity contribution in [1.82, 2.24) is 9.55 Å². The standard InChI is InChI=1S/C32H35N6/c1-7-37(8-2)30-21-32-29(19-23(30)4)33-28-18-22(3)27(20-31(28)38(32)26-12-10-9-11-13-26)35-34-24-14-16-25(17-15-24)36(5)6/h9-21H,7-8H2,1-6H3/q+1. The molecule has 0 N–H and O–H groups in total. The smallest absolute Gasteiger partial charge is 0.370 e. The minimum absolute atomic E-state index is 0.821. The quantitative estimate of drug-likeness (QED) is 0.150. The fourth-order valence-electron chi connectivity index (χ4n) is 4.93. The van der Waals surface area contributed by atoms with Crippen molar-refractivity contribution in [2.24, 2.45) is 5.11 Å². The highest BCUT2D eigenvalue weighted by Gasteiger charge is 2.20. The van der Waals surface area contributed by atoms with Gasteiger partial charge >= 0.3 is 5.36 Å². The van der Waals surface area contributed by atoms with Crippen LogP contribution in [0.3, 0.4) is 0 Å². The maximum atomic E-state index is 5.11. The van der Waals surface area contributed by atoms with E-state index in [-0.39, 0.29) is 0 Å². The topological polar surface area (TPSA) is 50.8 Å². The Morgan fingerprint density at radius 2 is 1.55 bits per heavy atom. The van der Waals surface area contributed by atoms with Crippen molar-refractivity contribution >= 4 is 28.1 Å². The molecule has 0 bridgehead atoms. The number of aromatic nitrogens is 2. The van der Waals surface area contributed by atoms with Crippen LogP contribution in [0.1, 0.15) is 25.0 Å². The molecule has 0 spiro atoms. The minimum Gasteiger partial charge on any atom is -0.378 e. The molecule has 0 unspecified atom stereocenters. The van der Waals surface area contributed by atoms with E-state index in [4.69, 9.17) is 4.98 Å². The molecule has 0 radical (unpaired) electrons. The van der Waals surface area contributed by atoms with Crippen molar-refractivity contribution in [2.45, 2.75) is 27.7 Å². The van der Waals surface area contributed by atoms with E-state index < -0.39 is 0 Å². The van der Waals surface area contributed by atoms with Gasteiger partial charge in [0.15, 0.2) is 0 Å². The average Bonchev–Trinajstić information content (AvgIpc) is 2.92. The van der Waals surface area contributed by atoms with Crippen molar-refractivity contribution in [3.63, 3.8) is 0 Å². The SMILES string of the molecule is CCN(CC)c1cc2c(cc1C)nc1cc(C)c(=[N+]=Nc3ccc(N(C)C)cc3)cc-1n2-c1ccccc1. The highest BCUT2D eigenvalue weighted by atomic mass is 15.1. The van der Waals surface area contributed by atoms with Crippen molar-refractivity contribution in [3.05, 3.63) is 95.3 Å². The van der Waals surface area contributed by atoms with Crippen molar-refractivity contribution in [3.8, 4) is 17.1 Å². The van der Waals surface area contributed by atoms with Gasteiger partial charge in [-0.15, -0.1) is 0 Å². The van der Waals surface area contributed by atoms with Crippen molar-refractivity contribution in [1.29, 1.82) is 0 Å². The van der Waals surface area contributed by atoms with E-state index in [1.165, 1.54) is 11.3 Å². The fraction of sp³-hybridized carbons (Fsp3) is 0.250. The number of para-hydroxylation sites is 1. The van der Waals surface area contributed by atoms with Crippen LogP contribution in [0.4, 0.5) is 17.1 Å². The number of anilines is 2. The Kier molecular flexibility index (Phi) is 6.99. The normalized spacial score (nSPS) is 11.0. The van der Waals surface area contributed by atoms with Gasteiger partial charge in [0, 0.05) is 49.8 Å². The number of nitrogens with zero attached hydrogens (tertiary/aromatic N) is 6. The summed E-state index contributed by atoms with van der Waals surface area (Å²) in [6.45, 7) is 10.5. The fourth-order valence-corrected chi connectivity index (χ4v) is 4.93. The molecule has 3 aromatic rings. The zero-order chi connectivity index (χ0) is 26.8. The largest absolute Gasteiger partial charge is 0.378 e. The second-order valence-electron chi connectivity index (χ2n) is 9.82. The van der Waals surface area contributed by atoms with Gasteiger partial charge in [-0.05, 0) is 87.9 Å². The molecule has 2 aliphatic rings. The molecule has 0 saturated carbocycles. The molecule has 38 heavy (non-hydrogen) atoms. The first kappa shape index (κ1) is 25.2. The summed E-state index contributed by atoms with van der Waals surface area (Å²) in [4.78, 5) is 14.2. The minimum atomic E-state index is 0.821. The Labute approximate surface area is 224 Å². The third-order valence-corrected chi connectivity index (χ3v) is 7.07. The molecule has 0 aromatic heterocycles. The van der Waals surface area contributed by atoms with E-state index >= 15 is 0 Å². The highest BCUT2D eigenvalue weighted by Crippen LogP contribution is 2.33. The molecule has 3 aromatic carbocycles. The Morgan fingerprint density at radius 3 is 2.21 bits per heavy atom. The van der Waals surface area contributed by atoms with E-state index in [1.54, 1.807) is 0 Å². The lowest BCUT2D eigenvalue weighted by molar-refractivity contribution is -0.133. The van der Waals surface area contributed by atoms with Crippen LogP contribution >= 0.6 is 0 Å². The van der Waals surface area contributed by atoms with Gasteiger partial charge in [0.05, 0.1) is 33.3 Å². The summed E-state index contributed by atoms with van der Waals surface area (Å²) in [5.74, 6) is 0. The predicted octanol–water partition coefficient (Wildman–Crippen LogP) is 6.55. The Balaban J connectivity index is 1.80. The first-order valence-electron chi connectivity index (χ1n) is 13.2. The molecular formula is C32H35N6+. The maximum absolute atomic E-state index is 5.11. The van der Waals surface area contributed by atoms with E-state index in [2.05, 4.69) is 113 Å². The predicted molar refractivity (Wildman–Crippen MR) is 157 cm³/mol. The lowest BCUT2D eigenvalue weighted by Crippen LogP contribution is -2.23. The first-order chi connectivity index (χ1) is 18.4. The molecule has 0 amide bonds. The van der Waals surface area contributed by atoms with E-state index in [0.29, 0.717) is 0 Å². The Bertz CT molecular complexity index is 1660. The number of benzene rings is 4. The first-order valence-corrected chi connectivity index (χ1v) is 13.2. The van der Waals surface area contributed by atoms with Gasteiger partial charge in [-0.3, -0.25) is 0 Å². The van der Waals surface area contributed by atoms with Crippen LogP contribution in [0.25, 0.3) is 28.1 Å². The molecule has 0 atom stereocenters. The van der Waals surface area contributed by atoms with E-state index in [0.717, 1.165) is 63.5 Å². The van der Waals surface area contributed by atoms with Crippen LogP contribution < -0.4 is 15.2 Å². The van der Waals surface area contributed by atoms with Gasteiger partial charge in [0.1, 0.15) is 10.8 Å². The Morgan fingerprint density at radius 1 is 0.842 bits per heavy atom. The summed E-state index contributed by atoms with van der Waals surface area (Å²) in [7, 11) is 4.06. The zero-order valence-corrected chi connectivity index (χ0v) is 23.1. The zero-order valence-electron chi connectivity index (χ0n) is 23.1. The second kappa shape index (κ2) is 10.5. The molecular weight excluding hydrogens is 468 g/mol. The lowest BCUT2D eigenvalue weighted by atomic mass is 10.1. The van der Waals surface area contributed by atoms with Crippen LogP contribution in [0.5, 0.6) is 0 Å². The number of aryl methyl sites for hydroxylation is 2. The summed E-state index contributed by atoms with van der Waals surface area (Å²) in [5, 5.41) is 5.38. The average molecular weight is 504 g/mol. The van der Waals surface area contributed by atoms with Crippen LogP contribution in [0.2, 0.25) is 0 Å². The third kappa shape index (κ3) is 4.79. The molecule has 1 aliphatic carbocycles. The maximum Gasteiger partial charge on any atom is 0.370 e. The van der Waals surface area contributed by atoms with Gasteiger partial charge in [-0.1, -0.05) is 18.2 Å². The molecule has 0 saturated heterocycles. The summed E-state index contributed by atoms with van der Waals surface area (Å²) >= 11 is 0. The number of fused-ring (bicyclic) bond motifs is 2. The van der Waals surface area contributed by atoms with Crippen LogP contribution in [-0.4, -0.2) is 41.5 Å².